The summed E-state index contributed by atoms with van der Waals surface area (Å²) in [6, 6.07) is 8.40. The van der Waals surface area contributed by atoms with Crippen LogP contribution in [0.5, 0.6) is 0 Å². The van der Waals surface area contributed by atoms with Crippen molar-refractivity contribution in [3.05, 3.63) is 45.0 Å². The van der Waals surface area contributed by atoms with Gasteiger partial charge in [-0.25, -0.2) is 8.42 Å². The van der Waals surface area contributed by atoms with Gasteiger partial charge in [-0.15, -0.1) is 11.3 Å². The Morgan fingerprint density at radius 1 is 1.33 bits per heavy atom. The highest BCUT2D eigenvalue weighted by Crippen LogP contribution is 2.29. The normalized spacial score (nSPS) is 19.2. The first-order chi connectivity index (χ1) is 12.9. The van der Waals surface area contributed by atoms with Crippen molar-refractivity contribution in [1.29, 1.82) is 0 Å². The fourth-order valence-electron chi connectivity index (χ4n) is 3.18. The highest BCUT2D eigenvalue weighted by atomic mass is 79.9. The lowest BCUT2D eigenvalue weighted by molar-refractivity contribution is -0.121. The Balaban J connectivity index is 1.70. The number of benzene rings is 1. The smallest absolute Gasteiger partial charge is 0.266 e. The molecule has 0 radical (unpaired) electrons. The van der Waals surface area contributed by atoms with E-state index in [9.17, 15) is 13.2 Å². The molecule has 10 heteroatoms. The number of hydrogen-bond acceptors (Lipinski definition) is 5. The summed E-state index contributed by atoms with van der Waals surface area (Å²) in [5.41, 5.74) is 0.976. The van der Waals surface area contributed by atoms with Crippen LogP contribution >= 0.6 is 38.6 Å². The first-order valence-electron chi connectivity index (χ1n) is 8.27. The maximum absolute atomic E-state index is 12.9. The van der Waals surface area contributed by atoms with Crippen molar-refractivity contribution >= 4 is 64.8 Å². The minimum atomic E-state index is -3.66. The molecule has 142 valence electrons. The summed E-state index contributed by atoms with van der Waals surface area (Å²) in [6.07, 6.45) is 1.15. The van der Waals surface area contributed by atoms with Gasteiger partial charge in [0.15, 0.2) is 4.80 Å². The molecule has 0 spiro atoms. The number of rotatable bonds is 3. The van der Waals surface area contributed by atoms with E-state index in [-0.39, 0.29) is 4.21 Å². The first kappa shape index (κ1) is 19.0. The number of carbonyl (C=O) groups is 1. The first-order valence-corrected chi connectivity index (χ1v) is 12.2. The van der Waals surface area contributed by atoms with Crippen molar-refractivity contribution in [3.63, 3.8) is 0 Å². The zero-order valence-corrected chi connectivity index (χ0v) is 18.4. The van der Waals surface area contributed by atoms with Gasteiger partial charge in [-0.1, -0.05) is 33.3 Å². The van der Waals surface area contributed by atoms with Crippen LogP contribution in [-0.4, -0.2) is 35.8 Å². The average Bonchev–Trinajstić information content (AvgIpc) is 3.35. The Kier molecular flexibility index (Phi) is 5.10. The Bertz CT molecular complexity index is 1180. The predicted molar refractivity (Wildman–Crippen MR) is 110 cm³/mol. The molecule has 1 fully saturated rings. The molecular weight excluding hydrogens is 470 g/mol. The molecule has 3 aromatic rings. The molecule has 1 amide bonds. The summed E-state index contributed by atoms with van der Waals surface area (Å²) >= 11 is 6.02. The number of carbonyl (C=O) groups excluding carboxylic acids is 1. The molecule has 6 nitrogen and oxygen atoms in total. The van der Waals surface area contributed by atoms with Gasteiger partial charge < -0.3 is 4.57 Å². The van der Waals surface area contributed by atoms with Crippen LogP contribution in [0.3, 0.4) is 0 Å². The topological polar surface area (TPSA) is 71.7 Å². The van der Waals surface area contributed by atoms with E-state index in [1.54, 1.807) is 17.5 Å². The average molecular weight is 486 g/mol. The molecule has 1 atom stereocenters. The second kappa shape index (κ2) is 7.25. The van der Waals surface area contributed by atoms with E-state index in [4.69, 9.17) is 0 Å². The monoisotopic (exact) mass is 485 g/mol. The molecule has 0 aliphatic carbocycles. The van der Waals surface area contributed by atoms with Gasteiger partial charge in [0.25, 0.3) is 15.9 Å². The third kappa shape index (κ3) is 3.44. The van der Waals surface area contributed by atoms with Crippen LogP contribution in [0.15, 0.2) is 49.4 Å². The van der Waals surface area contributed by atoms with Crippen molar-refractivity contribution in [3.8, 4) is 0 Å². The van der Waals surface area contributed by atoms with Gasteiger partial charge >= 0.3 is 0 Å². The second-order valence-electron chi connectivity index (χ2n) is 6.21. The van der Waals surface area contributed by atoms with Crippen molar-refractivity contribution in [2.24, 2.45) is 12.0 Å². The van der Waals surface area contributed by atoms with Crippen molar-refractivity contribution in [2.75, 3.05) is 6.54 Å². The molecule has 0 saturated carbocycles. The maximum Gasteiger partial charge on any atom is 0.266 e. The van der Waals surface area contributed by atoms with E-state index in [0.29, 0.717) is 24.2 Å². The quantitative estimate of drug-likeness (QED) is 0.570. The summed E-state index contributed by atoms with van der Waals surface area (Å²) in [5, 5.41) is 1.72. The number of amides is 1. The zero-order chi connectivity index (χ0) is 19.2. The highest BCUT2D eigenvalue weighted by Gasteiger charge is 2.39. The Morgan fingerprint density at radius 3 is 2.89 bits per heavy atom. The summed E-state index contributed by atoms with van der Waals surface area (Å²) < 4.78 is 31.1. The van der Waals surface area contributed by atoms with E-state index in [1.165, 1.54) is 15.6 Å². The van der Waals surface area contributed by atoms with E-state index >= 15 is 0 Å². The largest absolute Gasteiger partial charge is 0.319 e. The van der Waals surface area contributed by atoms with Crippen molar-refractivity contribution < 1.29 is 13.2 Å². The van der Waals surface area contributed by atoms with Crippen LogP contribution in [0.2, 0.25) is 0 Å². The minimum absolute atomic E-state index is 0.263. The van der Waals surface area contributed by atoms with Gasteiger partial charge in [0.05, 0.1) is 10.2 Å². The van der Waals surface area contributed by atoms with Crippen LogP contribution in [0.4, 0.5) is 0 Å². The Hall–Kier alpha value is -1.33. The van der Waals surface area contributed by atoms with Crippen LogP contribution < -0.4 is 4.80 Å². The van der Waals surface area contributed by atoms with Crippen LogP contribution in [0.1, 0.15) is 12.8 Å². The highest BCUT2D eigenvalue weighted by molar-refractivity contribution is 9.10. The molecule has 27 heavy (non-hydrogen) atoms. The van der Waals surface area contributed by atoms with Gasteiger partial charge in [0.1, 0.15) is 10.3 Å². The Labute approximate surface area is 173 Å². The molecule has 1 aliphatic heterocycles. The molecule has 4 rings (SSSR count). The molecule has 0 N–H and O–H groups in total. The molecular formula is C17H16BrN3O3S3. The lowest BCUT2D eigenvalue weighted by atomic mass is 10.2. The van der Waals surface area contributed by atoms with E-state index in [1.807, 2.05) is 29.8 Å². The predicted octanol–water partition coefficient (Wildman–Crippen LogP) is 3.34. The number of nitrogens with zero attached hydrogens (tertiary/aromatic N) is 3. The van der Waals surface area contributed by atoms with Crippen LogP contribution in [-0.2, 0) is 21.9 Å². The third-order valence-electron chi connectivity index (χ3n) is 4.52. The molecule has 2 aromatic heterocycles. The number of sulfonamides is 1. The van der Waals surface area contributed by atoms with Crippen molar-refractivity contribution in [2.45, 2.75) is 23.1 Å². The number of aryl methyl sites for hydroxylation is 1. The van der Waals surface area contributed by atoms with Gasteiger partial charge in [-0.2, -0.15) is 9.30 Å². The van der Waals surface area contributed by atoms with Gasteiger partial charge in [-0.3, -0.25) is 4.79 Å². The van der Waals surface area contributed by atoms with Crippen LogP contribution in [0.25, 0.3) is 10.2 Å². The number of hydrogen-bond donors (Lipinski definition) is 0. The summed E-state index contributed by atoms with van der Waals surface area (Å²) in [4.78, 5) is 17.7. The standard InChI is InChI=1S/C17H16BrN3O3S3/c1-20-12-7-6-11(18)10-14(12)26-17(20)19-16(22)13-4-2-8-21(13)27(23,24)15-5-3-9-25-15/h3,5-7,9-10,13H,2,4,8H2,1H3. The molecule has 1 aliphatic rings. The van der Waals surface area contributed by atoms with E-state index < -0.39 is 22.0 Å². The molecule has 1 aromatic carbocycles. The number of halogens is 1. The maximum atomic E-state index is 12.9. The minimum Gasteiger partial charge on any atom is -0.319 e. The van der Waals surface area contributed by atoms with E-state index in [2.05, 4.69) is 20.9 Å². The number of thiazole rings is 1. The lowest BCUT2D eigenvalue weighted by Gasteiger charge is -2.20. The number of aromatic nitrogens is 1. The Morgan fingerprint density at radius 2 is 2.15 bits per heavy atom. The molecule has 1 unspecified atom stereocenters. The van der Waals surface area contributed by atoms with Gasteiger partial charge in [-0.05, 0) is 42.5 Å². The molecule has 0 bridgehead atoms. The third-order valence-corrected chi connectivity index (χ3v) is 9.39. The zero-order valence-electron chi connectivity index (χ0n) is 14.3. The van der Waals surface area contributed by atoms with Gasteiger partial charge in [0, 0.05) is 18.1 Å². The van der Waals surface area contributed by atoms with Gasteiger partial charge in [0.2, 0.25) is 0 Å². The summed E-state index contributed by atoms with van der Waals surface area (Å²) in [5.74, 6) is -0.408. The number of fused-ring (bicyclic) bond motifs is 1. The lowest BCUT2D eigenvalue weighted by Crippen LogP contribution is -2.40. The second-order valence-corrected chi connectivity index (χ2v) is 11.2. The van der Waals surface area contributed by atoms with Crippen molar-refractivity contribution in [1.82, 2.24) is 8.87 Å². The molecule has 1 saturated heterocycles. The van der Waals surface area contributed by atoms with E-state index in [0.717, 1.165) is 26.0 Å². The molecule has 3 heterocycles. The number of thiophene rings is 1. The fraction of sp³-hybridized carbons (Fsp3) is 0.294. The SMILES string of the molecule is Cn1c(=NC(=O)C2CCCN2S(=O)(=O)c2cccs2)sc2cc(Br)ccc21. The summed E-state index contributed by atoms with van der Waals surface area (Å²) in [7, 11) is -1.81. The summed E-state index contributed by atoms with van der Waals surface area (Å²) in [6.45, 7) is 0.345. The fourth-order valence-corrected chi connectivity index (χ4v) is 7.53. The van der Waals surface area contributed by atoms with Crippen LogP contribution in [0, 0.1) is 0 Å².